The molecule has 1 saturated heterocycles. The summed E-state index contributed by atoms with van der Waals surface area (Å²) in [6.45, 7) is 3.63. The lowest BCUT2D eigenvalue weighted by molar-refractivity contribution is -0.131. The van der Waals surface area contributed by atoms with Gasteiger partial charge in [0.2, 0.25) is 5.91 Å². The van der Waals surface area contributed by atoms with Gasteiger partial charge in [-0.05, 0) is 25.3 Å². The molecule has 1 aliphatic rings. The van der Waals surface area contributed by atoms with Gasteiger partial charge in [-0.2, -0.15) is 0 Å². The molecule has 3 N–H and O–H groups in total. The highest BCUT2D eigenvalue weighted by Gasteiger charge is 2.41. The molecular formula is C15H23ClN2O2. The van der Waals surface area contributed by atoms with Gasteiger partial charge in [0.25, 0.3) is 0 Å². The minimum absolute atomic E-state index is 0. The predicted molar refractivity (Wildman–Crippen MR) is 82.1 cm³/mol. The summed E-state index contributed by atoms with van der Waals surface area (Å²) in [5.41, 5.74) is 6.19. The van der Waals surface area contributed by atoms with Gasteiger partial charge in [0.1, 0.15) is 0 Å². The zero-order chi connectivity index (χ0) is 13.7. The van der Waals surface area contributed by atoms with Crippen LogP contribution in [0.3, 0.4) is 0 Å². The Labute approximate surface area is 126 Å². The predicted octanol–water partition coefficient (Wildman–Crippen LogP) is 1.62. The molecule has 0 radical (unpaired) electrons. The van der Waals surface area contributed by atoms with Gasteiger partial charge in [0.05, 0.1) is 5.41 Å². The zero-order valence-corrected chi connectivity index (χ0v) is 12.6. The SMILES string of the molecule is C[C@@H](CN)NC(=O)C1(c2ccccc2)CCOCC1.Cl. The first kappa shape index (κ1) is 17.0. The van der Waals surface area contributed by atoms with Gasteiger partial charge in [0, 0.05) is 25.8 Å². The molecule has 2 rings (SSSR count). The van der Waals surface area contributed by atoms with Crippen LogP contribution in [0.15, 0.2) is 30.3 Å². The highest BCUT2D eigenvalue weighted by atomic mass is 35.5. The molecule has 1 aliphatic heterocycles. The summed E-state index contributed by atoms with van der Waals surface area (Å²) in [5.74, 6) is 0.0694. The van der Waals surface area contributed by atoms with E-state index < -0.39 is 5.41 Å². The molecule has 1 atom stereocenters. The zero-order valence-electron chi connectivity index (χ0n) is 11.8. The lowest BCUT2D eigenvalue weighted by Crippen LogP contribution is -2.51. The van der Waals surface area contributed by atoms with Crippen LogP contribution in [-0.2, 0) is 14.9 Å². The summed E-state index contributed by atoms with van der Waals surface area (Å²) in [6.07, 6.45) is 1.44. The Balaban J connectivity index is 0.00000200. The molecule has 5 heteroatoms. The Hall–Kier alpha value is -1.10. The average Bonchev–Trinajstić information content (AvgIpc) is 2.48. The Kier molecular flexibility index (Phi) is 6.46. The maximum atomic E-state index is 12.7. The molecule has 112 valence electrons. The molecule has 0 bridgehead atoms. The first-order chi connectivity index (χ1) is 9.19. The molecule has 1 heterocycles. The van der Waals surface area contributed by atoms with E-state index in [-0.39, 0.29) is 24.4 Å². The second kappa shape index (κ2) is 7.62. The van der Waals surface area contributed by atoms with Crippen molar-refractivity contribution in [3.05, 3.63) is 35.9 Å². The fraction of sp³-hybridized carbons (Fsp3) is 0.533. The summed E-state index contributed by atoms with van der Waals surface area (Å²) in [7, 11) is 0. The summed E-state index contributed by atoms with van der Waals surface area (Å²) in [4.78, 5) is 12.7. The number of ether oxygens (including phenoxy) is 1. The van der Waals surface area contributed by atoms with Crippen molar-refractivity contribution in [3.8, 4) is 0 Å². The Bertz CT molecular complexity index is 419. The van der Waals surface area contributed by atoms with Gasteiger partial charge in [-0.15, -0.1) is 12.4 Å². The highest BCUT2D eigenvalue weighted by molar-refractivity contribution is 5.88. The Morgan fingerprint density at radius 3 is 2.50 bits per heavy atom. The van der Waals surface area contributed by atoms with Crippen molar-refractivity contribution < 1.29 is 9.53 Å². The maximum Gasteiger partial charge on any atom is 0.231 e. The van der Waals surface area contributed by atoms with E-state index in [0.717, 1.165) is 18.4 Å². The number of benzene rings is 1. The van der Waals surface area contributed by atoms with Crippen LogP contribution in [0.1, 0.15) is 25.3 Å². The molecule has 0 unspecified atom stereocenters. The average molecular weight is 299 g/mol. The quantitative estimate of drug-likeness (QED) is 0.888. The number of hydrogen-bond donors (Lipinski definition) is 2. The van der Waals surface area contributed by atoms with E-state index in [2.05, 4.69) is 5.32 Å². The van der Waals surface area contributed by atoms with Crippen molar-refractivity contribution in [1.82, 2.24) is 5.32 Å². The van der Waals surface area contributed by atoms with Crippen LogP contribution in [-0.4, -0.2) is 31.7 Å². The summed E-state index contributed by atoms with van der Waals surface area (Å²) < 4.78 is 5.42. The molecule has 0 spiro atoms. The number of carbonyl (C=O) groups excluding carboxylic acids is 1. The van der Waals surface area contributed by atoms with Gasteiger partial charge in [-0.3, -0.25) is 4.79 Å². The molecule has 0 aliphatic carbocycles. The number of halogens is 1. The minimum Gasteiger partial charge on any atom is -0.381 e. The number of rotatable bonds is 4. The van der Waals surface area contributed by atoms with E-state index >= 15 is 0 Å². The van der Waals surface area contributed by atoms with Gasteiger partial charge in [0.15, 0.2) is 0 Å². The van der Waals surface area contributed by atoms with Crippen LogP contribution in [0, 0.1) is 0 Å². The van der Waals surface area contributed by atoms with E-state index in [1.165, 1.54) is 0 Å². The van der Waals surface area contributed by atoms with Gasteiger partial charge >= 0.3 is 0 Å². The fourth-order valence-corrected chi connectivity index (χ4v) is 2.54. The first-order valence-electron chi connectivity index (χ1n) is 6.83. The number of carbonyl (C=O) groups is 1. The van der Waals surface area contributed by atoms with Gasteiger partial charge < -0.3 is 15.8 Å². The third-order valence-electron chi connectivity index (χ3n) is 3.84. The fourth-order valence-electron chi connectivity index (χ4n) is 2.54. The van der Waals surface area contributed by atoms with Crippen molar-refractivity contribution >= 4 is 18.3 Å². The lowest BCUT2D eigenvalue weighted by Gasteiger charge is -2.37. The molecule has 1 aromatic carbocycles. The highest BCUT2D eigenvalue weighted by Crippen LogP contribution is 2.35. The number of amides is 1. The van der Waals surface area contributed by atoms with E-state index in [1.807, 2.05) is 37.3 Å². The van der Waals surface area contributed by atoms with Gasteiger partial charge in [-0.1, -0.05) is 30.3 Å². The van der Waals surface area contributed by atoms with E-state index in [1.54, 1.807) is 0 Å². The van der Waals surface area contributed by atoms with Crippen molar-refractivity contribution in [2.75, 3.05) is 19.8 Å². The summed E-state index contributed by atoms with van der Waals surface area (Å²) in [6, 6.07) is 9.97. The minimum atomic E-state index is -0.469. The second-order valence-electron chi connectivity index (χ2n) is 5.17. The van der Waals surface area contributed by atoms with E-state index in [4.69, 9.17) is 10.5 Å². The molecule has 4 nitrogen and oxygen atoms in total. The largest absolute Gasteiger partial charge is 0.381 e. The van der Waals surface area contributed by atoms with Crippen molar-refractivity contribution in [3.63, 3.8) is 0 Å². The molecule has 1 amide bonds. The normalized spacial score (nSPS) is 18.7. The number of hydrogen-bond acceptors (Lipinski definition) is 3. The molecular weight excluding hydrogens is 276 g/mol. The first-order valence-corrected chi connectivity index (χ1v) is 6.83. The van der Waals surface area contributed by atoms with Gasteiger partial charge in [-0.25, -0.2) is 0 Å². The van der Waals surface area contributed by atoms with Crippen LogP contribution >= 0.6 is 12.4 Å². The van der Waals surface area contributed by atoms with Crippen LogP contribution in [0.2, 0.25) is 0 Å². The smallest absolute Gasteiger partial charge is 0.231 e. The van der Waals surface area contributed by atoms with Crippen LogP contribution in [0.5, 0.6) is 0 Å². The Morgan fingerprint density at radius 1 is 1.35 bits per heavy atom. The lowest BCUT2D eigenvalue weighted by atomic mass is 9.73. The molecule has 1 aromatic rings. The Morgan fingerprint density at radius 2 is 1.95 bits per heavy atom. The van der Waals surface area contributed by atoms with Crippen LogP contribution < -0.4 is 11.1 Å². The van der Waals surface area contributed by atoms with E-state index in [0.29, 0.717) is 19.8 Å². The van der Waals surface area contributed by atoms with Crippen LogP contribution in [0.25, 0.3) is 0 Å². The van der Waals surface area contributed by atoms with Crippen LogP contribution in [0.4, 0.5) is 0 Å². The molecule has 20 heavy (non-hydrogen) atoms. The second-order valence-corrected chi connectivity index (χ2v) is 5.17. The standard InChI is InChI=1S/C15H22N2O2.ClH/c1-12(11-16)17-14(18)15(7-9-19-10-8-15)13-5-3-2-4-6-13;/h2-6,12H,7-11,16H2,1H3,(H,17,18);1H/t12-;/m0./s1. The monoisotopic (exact) mass is 298 g/mol. The van der Waals surface area contributed by atoms with Crippen molar-refractivity contribution in [2.24, 2.45) is 5.73 Å². The topological polar surface area (TPSA) is 64.3 Å². The van der Waals surface area contributed by atoms with Crippen molar-refractivity contribution in [2.45, 2.75) is 31.2 Å². The third kappa shape index (κ3) is 3.51. The summed E-state index contributed by atoms with van der Waals surface area (Å²) >= 11 is 0. The molecule has 0 aromatic heterocycles. The number of nitrogens with two attached hydrogens (primary N) is 1. The third-order valence-corrected chi connectivity index (χ3v) is 3.84. The van der Waals surface area contributed by atoms with Crippen molar-refractivity contribution in [1.29, 1.82) is 0 Å². The maximum absolute atomic E-state index is 12.7. The summed E-state index contributed by atoms with van der Waals surface area (Å²) in [5, 5.41) is 3.02. The molecule has 0 saturated carbocycles. The van der Waals surface area contributed by atoms with E-state index in [9.17, 15) is 4.79 Å². The molecule has 1 fully saturated rings. The number of nitrogens with one attached hydrogen (secondary N) is 1.